The summed E-state index contributed by atoms with van der Waals surface area (Å²) in [5, 5.41) is 19.6. The second-order valence-electron chi connectivity index (χ2n) is 3.28. The summed E-state index contributed by atoms with van der Waals surface area (Å²) in [4.78, 5) is 11.5. The van der Waals surface area contributed by atoms with Crippen molar-refractivity contribution in [3.63, 3.8) is 0 Å². The minimum absolute atomic E-state index is 0.171. The second kappa shape index (κ2) is 6.04. The minimum Gasteiger partial charge on any atom is -0.394 e. The highest BCUT2D eigenvalue weighted by molar-refractivity contribution is 9.10. The van der Waals surface area contributed by atoms with Crippen LogP contribution in [0.3, 0.4) is 0 Å². The zero-order valence-corrected chi connectivity index (χ0v) is 10.2. The van der Waals surface area contributed by atoms with Gasteiger partial charge in [-0.3, -0.25) is 4.79 Å². The molecule has 1 aromatic carbocycles. The summed E-state index contributed by atoms with van der Waals surface area (Å²) >= 11 is 2.88. The van der Waals surface area contributed by atoms with Gasteiger partial charge in [0.05, 0.1) is 19.3 Å². The number of nitrogens with one attached hydrogen (secondary N) is 1. The number of hydrogen-bond acceptors (Lipinski definition) is 3. The predicted octanol–water partition coefficient (Wildman–Crippen LogP) is 0.810. The molecule has 0 aliphatic heterocycles. The van der Waals surface area contributed by atoms with Crippen molar-refractivity contribution < 1.29 is 23.8 Å². The minimum atomic E-state index is -1.03. The Morgan fingerprint density at radius 1 is 1.29 bits per heavy atom. The molecule has 1 amide bonds. The van der Waals surface area contributed by atoms with Crippen molar-refractivity contribution >= 4 is 21.8 Å². The molecule has 0 atom stereocenters. The van der Waals surface area contributed by atoms with Crippen LogP contribution < -0.4 is 5.32 Å². The summed E-state index contributed by atoms with van der Waals surface area (Å²) in [6.07, 6.45) is 0. The number of rotatable bonds is 4. The molecule has 0 radical (unpaired) electrons. The number of aliphatic hydroxyl groups excluding tert-OH is 2. The van der Waals surface area contributed by atoms with Crippen LogP contribution in [-0.4, -0.2) is 35.4 Å². The van der Waals surface area contributed by atoms with Gasteiger partial charge in [-0.25, -0.2) is 8.78 Å². The van der Waals surface area contributed by atoms with Gasteiger partial charge >= 0.3 is 0 Å². The Hall–Kier alpha value is -1.05. The highest BCUT2D eigenvalue weighted by Crippen LogP contribution is 2.19. The lowest BCUT2D eigenvalue weighted by Gasteiger charge is -2.14. The average Bonchev–Trinajstić information content (AvgIpc) is 2.24. The summed E-state index contributed by atoms with van der Waals surface area (Å²) in [6, 6.07) is 0.945. The first-order valence-corrected chi connectivity index (χ1v) is 5.46. The Morgan fingerprint density at radius 2 is 1.76 bits per heavy atom. The van der Waals surface area contributed by atoms with Gasteiger partial charge in [-0.1, -0.05) is 15.9 Å². The van der Waals surface area contributed by atoms with E-state index in [9.17, 15) is 13.6 Å². The number of hydrogen-bond donors (Lipinski definition) is 3. The first-order valence-electron chi connectivity index (χ1n) is 4.66. The van der Waals surface area contributed by atoms with Gasteiger partial charge < -0.3 is 15.5 Å². The average molecular weight is 310 g/mol. The highest BCUT2D eigenvalue weighted by Gasteiger charge is 2.20. The van der Waals surface area contributed by atoms with E-state index in [2.05, 4.69) is 21.2 Å². The van der Waals surface area contributed by atoms with E-state index in [-0.39, 0.29) is 4.47 Å². The van der Waals surface area contributed by atoms with Crippen LogP contribution in [0, 0.1) is 11.6 Å². The van der Waals surface area contributed by atoms with Gasteiger partial charge in [-0.15, -0.1) is 0 Å². The first kappa shape index (κ1) is 14.0. The molecule has 1 aromatic rings. The van der Waals surface area contributed by atoms with Gasteiger partial charge in [0.2, 0.25) is 0 Å². The van der Waals surface area contributed by atoms with Gasteiger partial charge in [0.25, 0.3) is 5.91 Å². The van der Waals surface area contributed by atoms with Gasteiger partial charge in [0, 0.05) is 4.47 Å². The van der Waals surface area contributed by atoms with Crippen LogP contribution >= 0.6 is 15.9 Å². The fraction of sp³-hybridized carbons (Fsp3) is 0.300. The summed E-state index contributed by atoms with van der Waals surface area (Å²) in [5.41, 5.74) is -0.750. The lowest BCUT2D eigenvalue weighted by Crippen LogP contribution is -2.40. The second-order valence-corrected chi connectivity index (χ2v) is 4.20. The number of carbonyl (C=O) groups excluding carboxylic acids is 1. The number of halogens is 3. The standard InChI is InChI=1S/C10H10BrF2NO3/c11-5-1-7(12)9(8(13)2-5)10(17)14-6(3-15)4-16/h1-2,6,15-16H,3-4H2,(H,14,17). The van der Waals surface area contributed by atoms with Crippen LogP contribution in [-0.2, 0) is 0 Å². The van der Waals surface area contributed by atoms with E-state index in [1.807, 2.05) is 0 Å². The third kappa shape index (κ3) is 3.45. The zero-order valence-electron chi connectivity index (χ0n) is 8.58. The largest absolute Gasteiger partial charge is 0.394 e. The van der Waals surface area contributed by atoms with Crippen LogP contribution in [0.1, 0.15) is 10.4 Å². The third-order valence-corrected chi connectivity index (χ3v) is 2.47. The predicted molar refractivity (Wildman–Crippen MR) is 59.5 cm³/mol. The Morgan fingerprint density at radius 3 is 2.18 bits per heavy atom. The summed E-state index contributed by atoms with van der Waals surface area (Å²) in [5.74, 6) is -3.08. The van der Waals surface area contributed by atoms with Gasteiger partial charge in [-0.05, 0) is 12.1 Å². The SMILES string of the molecule is O=C(NC(CO)CO)c1c(F)cc(Br)cc1F. The van der Waals surface area contributed by atoms with E-state index < -0.39 is 42.4 Å². The zero-order chi connectivity index (χ0) is 13.0. The number of carbonyl (C=O) groups is 1. The Balaban J connectivity index is 2.96. The van der Waals surface area contributed by atoms with Crippen LogP contribution in [0.2, 0.25) is 0 Å². The van der Waals surface area contributed by atoms with E-state index in [1.54, 1.807) is 0 Å². The summed E-state index contributed by atoms with van der Waals surface area (Å²) < 4.78 is 26.9. The maximum Gasteiger partial charge on any atom is 0.257 e. The topological polar surface area (TPSA) is 69.6 Å². The van der Waals surface area contributed by atoms with Gasteiger partial charge in [0.15, 0.2) is 0 Å². The molecule has 94 valence electrons. The third-order valence-electron chi connectivity index (χ3n) is 2.01. The monoisotopic (exact) mass is 309 g/mol. The molecule has 0 saturated carbocycles. The molecule has 3 N–H and O–H groups in total. The molecule has 7 heteroatoms. The molecule has 0 aromatic heterocycles. The molecule has 17 heavy (non-hydrogen) atoms. The van der Waals surface area contributed by atoms with Gasteiger partial charge in [0.1, 0.15) is 17.2 Å². The maximum atomic E-state index is 13.4. The van der Waals surface area contributed by atoms with Crippen molar-refractivity contribution in [2.24, 2.45) is 0 Å². The maximum absolute atomic E-state index is 13.4. The van der Waals surface area contributed by atoms with Crippen molar-refractivity contribution in [2.75, 3.05) is 13.2 Å². The van der Waals surface area contributed by atoms with Gasteiger partial charge in [-0.2, -0.15) is 0 Å². The molecule has 0 aliphatic rings. The molecule has 0 fully saturated rings. The molecular weight excluding hydrogens is 300 g/mol. The quantitative estimate of drug-likeness (QED) is 0.771. The molecule has 0 aliphatic carbocycles. The highest BCUT2D eigenvalue weighted by atomic mass is 79.9. The summed E-state index contributed by atoms with van der Waals surface area (Å²) in [7, 11) is 0. The lowest BCUT2D eigenvalue weighted by molar-refractivity contribution is 0.0871. The molecular formula is C10H10BrF2NO3. The van der Waals surface area contributed by atoms with Crippen molar-refractivity contribution in [1.29, 1.82) is 0 Å². The van der Waals surface area contributed by atoms with Crippen molar-refractivity contribution in [3.8, 4) is 0 Å². The molecule has 4 nitrogen and oxygen atoms in total. The molecule has 0 heterocycles. The van der Waals surface area contributed by atoms with Crippen molar-refractivity contribution in [2.45, 2.75) is 6.04 Å². The fourth-order valence-corrected chi connectivity index (χ4v) is 1.57. The summed E-state index contributed by atoms with van der Waals surface area (Å²) in [6.45, 7) is -1.05. The van der Waals surface area contributed by atoms with E-state index in [0.717, 1.165) is 12.1 Å². The van der Waals surface area contributed by atoms with E-state index in [1.165, 1.54) is 0 Å². The fourth-order valence-electron chi connectivity index (χ4n) is 1.17. The van der Waals surface area contributed by atoms with Crippen LogP contribution in [0.4, 0.5) is 8.78 Å². The normalized spacial score (nSPS) is 10.7. The first-order chi connectivity index (χ1) is 7.99. The number of benzene rings is 1. The Labute approximate surface area is 104 Å². The Kier molecular flexibility index (Phi) is 4.98. The molecule has 0 spiro atoms. The van der Waals surface area contributed by atoms with E-state index >= 15 is 0 Å². The molecule has 0 saturated heterocycles. The van der Waals surface area contributed by atoms with Crippen LogP contribution in [0.15, 0.2) is 16.6 Å². The van der Waals surface area contributed by atoms with Crippen molar-refractivity contribution in [1.82, 2.24) is 5.32 Å². The lowest BCUT2D eigenvalue weighted by atomic mass is 10.1. The smallest absolute Gasteiger partial charge is 0.257 e. The number of amides is 1. The van der Waals surface area contributed by atoms with E-state index in [4.69, 9.17) is 10.2 Å². The molecule has 0 bridgehead atoms. The molecule has 0 unspecified atom stereocenters. The molecule has 1 rings (SSSR count). The van der Waals surface area contributed by atoms with Crippen LogP contribution in [0.5, 0.6) is 0 Å². The Bertz CT molecular complexity index is 401. The number of aliphatic hydroxyl groups is 2. The van der Waals surface area contributed by atoms with Crippen LogP contribution in [0.25, 0.3) is 0 Å². The van der Waals surface area contributed by atoms with Crippen molar-refractivity contribution in [3.05, 3.63) is 33.8 Å². The van der Waals surface area contributed by atoms with E-state index in [0.29, 0.717) is 0 Å².